The van der Waals surface area contributed by atoms with Gasteiger partial charge in [0.25, 0.3) is 8.32 Å². The summed E-state index contributed by atoms with van der Waals surface area (Å²) in [5.74, 6) is 0.190. The zero-order valence-corrected chi connectivity index (χ0v) is 13.5. The van der Waals surface area contributed by atoms with Crippen molar-refractivity contribution in [3.63, 3.8) is 0 Å². The number of hydrogen-bond acceptors (Lipinski definition) is 2. The molecular weight excluding hydrogens is 301 g/mol. The molecule has 0 amide bonds. The van der Waals surface area contributed by atoms with E-state index in [9.17, 15) is 4.39 Å². The van der Waals surface area contributed by atoms with Gasteiger partial charge < -0.3 is 10.2 Å². The van der Waals surface area contributed by atoms with Crippen LogP contribution in [0.5, 0.6) is 5.75 Å². The van der Waals surface area contributed by atoms with Gasteiger partial charge in [-0.2, -0.15) is 0 Å². The summed E-state index contributed by atoms with van der Waals surface area (Å²) >= 11 is 3.29. The van der Waals surface area contributed by atoms with Crippen molar-refractivity contribution in [2.45, 2.75) is 38.9 Å². The van der Waals surface area contributed by atoms with Crippen LogP contribution in [0.25, 0.3) is 0 Å². The third-order valence-corrected chi connectivity index (χ3v) is 8.12. The van der Waals surface area contributed by atoms with Gasteiger partial charge in [-0.15, -0.1) is 0 Å². The Kier molecular flexibility index (Phi) is 3.93. The minimum absolute atomic E-state index is 0.0767. The lowest BCUT2D eigenvalue weighted by Gasteiger charge is -2.37. The van der Waals surface area contributed by atoms with Crippen molar-refractivity contribution < 1.29 is 8.82 Å². The Hall–Kier alpha value is -0.553. The summed E-state index contributed by atoms with van der Waals surface area (Å²) in [7, 11) is -1.96. The molecule has 1 aromatic carbocycles. The second-order valence-electron chi connectivity index (χ2n) is 5.67. The highest BCUT2D eigenvalue weighted by Gasteiger charge is 2.39. The molecule has 2 nitrogen and oxygen atoms in total. The van der Waals surface area contributed by atoms with Crippen LogP contribution < -0.4 is 10.2 Å². The largest absolute Gasteiger partial charge is 0.541 e. The highest BCUT2D eigenvalue weighted by atomic mass is 79.9. The molecule has 1 rings (SSSR count). The molecule has 0 saturated heterocycles. The minimum Gasteiger partial charge on any atom is -0.541 e. The van der Waals surface area contributed by atoms with Gasteiger partial charge in [-0.25, -0.2) is 4.39 Å². The highest BCUT2D eigenvalue weighted by Crippen LogP contribution is 2.41. The van der Waals surface area contributed by atoms with E-state index in [1.54, 1.807) is 0 Å². The molecule has 0 aliphatic heterocycles. The molecule has 0 aliphatic carbocycles. The summed E-state index contributed by atoms with van der Waals surface area (Å²) in [6, 6.07) is 2.66. The summed E-state index contributed by atoms with van der Waals surface area (Å²) in [6.45, 7) is 10.7. The van der Waals surface area contributed by atoms with Crippen LogP contribution >= 0.6 is 15.9 Å². The molecule has 0 atom stereocenters. The van der Waals surface area contributed by atoms with E-state index in [0.29, 0.717) is 15.9 Å². The van der Waals surface area contributed by atoms with Gasteiger partial charge in [0.05, 0.1) is 10.2 Å². The Morgan fingerprint density at radius 1 is 1.29 bits per heavy atom. The summed E-state index contributed by atoms with van der Waals surface area (Å²) in [5, 5.41) is 0.0767. The molecule has 17 heavy (non-hydrogen) atoms. The Bertz CT molecular complexity index is 406. The Morgan fingerprint density at radius 2 is 1.82 bits per heavy atom. The van der Waals surface area contributed by atoms with Crippen LogP contribution in [0.1, 0.15) is 20.8 Å². The molecule has 0 radical (unpaired) electrons. The molecule has 2 N–H and O–H groups in total. The Morgan fingerprint density at radius 3 is 2.24 bits per heavy atom. The zero-order chi connectivity index (χ0) is 13.4. The van der Waals surface area contributed by atoms with Gasteiger partial charge in [0.2, 0.25) is 0 Å². The number of halogens is 2. The molecule has 0 aromatic heterocycles. The molecule has 0 unspecified atom stereocenters. The van der Waals surface area contributed by atoms with Gasteiger partial charge in [-0.1, -0.05) is 20.8 Å². The SMILES string of the molecule is CC(C)(C)[Si](C)(C)Oc1c(N)cc(F)cc1Br. The number of anilines is 1. The van der Waals surface area contributed by atoms with Gasteiger partial charge >= 0.3 is 0 Å². The van der Waals surface area contributed by atoms with E-state index < -0.39 is 8.32 Å². The van der Waals surface area contributed by atoms with Crippen molar-refractivity contribution in [3.8, 4) is 5.75 Å². The zero-order valence-electron chi connectivity index (χ0n) is 10.9. The van der Waals surface area contributed by atoms with Crippen LogP contribution in [0.4, 0.5) is 10.1 Å². The van der Waals surface area contributed by atoms with Gasteiger partial charge in [0, 0.05) is 6.07 Å². The summed E-state index contributed by atoms with van der Waals surface area (Å²) in [6.07, 6.45) is 0. The predicted molar refractivity (Wildman–Crippen MR) is 76.3 cm³/mol. The Balaban J connectivity index is 3.13. The van der Waals surface area contributed by atoms with Gasteiger partial charge in [-0.3, -0.25) is 0 Å². The number of rotatable bonds is 2. The van der Waals surface area contributed by atoms with E-state index in [0.717, 1.165) is 0 Å². The molecule has 0 saturated carbocycles. The number of nitrogens with two attached hydrogens (primary N) is 1. The Labute approximate surface area is 112 Å². The fraction of sp³-hybridized carbons (Fsp3) is 0.500. The van der Waals surface area contributed by atoms with E-state index in [1.165, 1.54) is 12.1 Å². The molecule has 1 aromatic rings. The van der Waals surface area contributed by atoms with Crippen LogP contribution in [0.3, 0.4) is 0 Å². The fourth-order valence-corrected chi connectivity index (χ4v) is 2.82. The third-order valence-electron chi connectivity index (χ3n) is 3.20. The normalized spacial score (nSPS) is 12.6. The lowest BCUT2D eigenvalue weighted by atomic mass is 10.2. The van der Waals surface area contributed by atoms with Crippen LogP contribution in [-0.4, -0.2) is 8.32 Å². The number of hydrogen-bond donors (Lipinski definition) is 1. The van der Waals surface area contributed by atoms with Crippen molar-refractivity contribution >= 4 is 29.9 Å². The topological polar surface area (TPSA) is 35.2 Å². The van der Waals surface area contributed by atoms with E-state index in [2.05, 4.69) is 49.8 Å². The van der Waals surface area contributed by atoms with E-state index >= 15 is 0 Å². The minimum atomic E-state index is -1.96. The lowest BCUT2D eigenvalue weighted by Crippen LogP contribution is -2.44. The van der Waals surface area contributed by atoms with Crippen molar-refractivity contribution in [1.82, 2.24) is 0 Å². The number of nitrogen functional groups attached to an aromatic ring is 1. The summed E-state index contributed by atoms with van der Waals surface area (Å²) in [4.78, 5) is 0. The van der Waals surface area contributed by atoms with E-state index in [4.69, 9.17) is 10.2 Å². The monoisotopic (exact) mass is 319 g/mol. The van der Waals surface area contributed by atoms with E-state index in [-0.39, 0.29) is 10.9 Å². The predicted octanol–water partition coefficient (Wildman–Crippen LogP) is 4.55. The maximum Gasteiger partial charge on any atom is 0.250 e. The first kappa shape index (κ1) is 14.5. The van der Waals surface area contributed by atoms with Crippen LogP contribution in [0.15, 0.2) is 16.6 Å². The van der Waals surface area contributed by atoms with Gasteiger partial charge in [-0.05, 0) is 40.1 Å². The molecule has 0 aliphatic rings. The summed E-state index contributed by atoms with van der Waals surface area (Å²) in [5.41, 5.74) is 6.13. The van der Waals surface area contributed by atoms with Crippen molar-refractivity contribution in [3.05, 3.63) is 22.4 Å². The van der Waals surface area contributed by atoms with Crippen LogP contribution in [-0.2, 0) is 0 Å². The van der Waals surface area contributed by atoms with Gasteiger partial charge in [0.15, 0.2) is 0 Å². The third kappa shape index (κ3) is 3.22. The average Bonchev–Trinajstić information content (AvgIpc) is 2.09. The van der Waals surface area contributed by atoms with Gasteiger partial charge in [0.1, 0.15) is 11.6 Å². The molecule has 0 heterocycles. The molecular formula is C12H19BrFNOSi. The van der Waals surface area contributed by atoms with Crippen molar-refractivity contribution in [2.75, 3.05) is 5.73 Å². The first-order chi connectivity index (χ1) is 7.54. The van der Waals surface area contributed by atoms with Crippen molar-refractivity contribution in [2.24, 2.45) is 0 Å². The molecule has 5 heteroatoms. The van der Waals surface area contributed by atoms with Crippen LogP contribution in [0.2, 0.25) is 18.1 Å². The first-order valence-corrected chi connectivity index (χ1v) is 9.18. The molecule has 0 spiro atoms. The highest BCUT2D eigenvalue weighted by molar-refractivity contribution is 9.10. The fourth-order valence-electron chi connectivity index (χ4n) is 1.10. The smallest absolute Gasteiger partial charge is 0.250 e. The lowest BCUT2D eigenvalue weighted by molar-refractivity contribution is 0.490. The van der Waals surface area contributed by atoms with Crippen molar-refractivity contribution in [1.29, 1.82) is 0 Å². The standard InChI is InChI=1S/C12H19BrFNOSi/c1-12(2,3)17(4,5)16-11-9(13)6-8(14)7-10(11)15/h6-7H,15H2,1-5H3. The molecule has 0 bridgehead atoms. The van der Waals surface area contributed by atoms with E-state index in [1.807, 2.05) is 0 Å². The quantitative estimate of drug-likeness (QED) is 0.641. The van der Waals surface area contributed by atoms with Crippen LogP contribution in [0, 0.1) is 5.82 Å². The second-order valence-corrected chi connectivity index (χ2v) is 11.2. The number of benzene rings is 1. The summed E-state index contributed by atoms with van der Waals surface area (Å²) < 4.78 is 19.8. The molecule has 0 fully saturated rings. The first-order valence-electron chi connectivity index (χ1n) is 5.48. The maximum absolute atomic E-state index is 13.1. The molecule has 96 valence electrons. The average molecular weight is 320 g/mol. The second kappa shape index (κ2) is 4.61. The maximum atomic E-state index is 13.1.